The Morgan fingerprint density at radius 3 is 2.81 bits per heavy atom. The molecule has 0 aliphatic heterocycles. The van der Waals surface area contributed by atoms with Crippen molar-refractivity contribution in [2.45, 2.75) is 26.2 Å². The second kappa shape index (κ2) is 9.19. The zero-order valence-electron chi connectivity index (χ0n) is 14.9. The molecule has 0 radical (unpaired) electrons. The summed E-state index contributed by atoms with van der Waals surface area (Å²) >= 11 is 5.87. The lowest BCUT2D eigenvalue weighted by Gasteiger charge is -2.08. The first-order chi connectivity index (χ1) is 13.1. The number of rotatable bonds is 8. The first kappa shape index (κ1) is 18.9. The number of halogens is 1. The molecular weight excluding hydrogens is 366 g/mol. The summed E-state index contributed by atoms with van der Waals surface area (Å²) < 4.78 is 10.8. The first-order valence-corrected chi connectivity index (χ1v) is 9.13. The Morgan fingerprint density at radius 1 is 1.22 bits per heavy atom. The smallest absolute Gasteiger partial charge is 0.227 e. The van der Waals surface area contributed by atoms with E-state index in [1.54, 1.807) is 18.2 Å². The largest absolute Gasteiger partial charge is 0.494 e. The molecule has 6 nitrogen and oxygen atoms in total. The SMILES string of the molecule is CCCOc1cccc(NC(=O)CCc2nc(-c3ccc(Cl)cc3)no2)c1. The number of benzene rings is 2. The summed E-state index contributed by atoms with van der Waals surface area (Å²) in [5, 5.41) is 7.43. The summed E-state index contributed by atoms with van der Waals surface area (Å²) in [6.45, 7) is 2.69. The summed E-state index contributed by atoms with van der Waals surface area (Å²) in [5.74, 6) is 1.49. The van der Waals surface area contributed by atoms with E-state index >= 15 is 0 Å². The molecule has 3 aromatic rings. The van der Waals surface area contributed by atoms with Gasteiger partial charge >= 0.3 is 0 Å². The van der Waals surface area contributed by atoms with Crippen LogP contribution in [0.2, 0.25) is 5.02 Å². The molecule has 2 aromatic carbocycles. The van der Waals surface area contributed by atoms with Crippen LogP contribution >= 0.6 is 11.6 Å². The third-order valence-corrected chi connectivity index (χ3v) is 3.98. The third kappa shape index (κ3) is 5.56. The average Bonchev–Trinajstić information content (AvgIpc) is 3.15. The number of aromatic nitrogens is 2. The number of hydrogen-bond donors (Lipinski definition) is 1. The molecule has 1 heterocycles. The molecule has 7 heteroatoms. The fraction of sp³-hybridized carbons (Fsp3) is 0.250. The summed E-state index contributed by atoms with van der Waals surface area (Å²) in [7, 11) is 0. The summed E-state index contributed by atoms with van der Waals surface area (Å²) in [6.07, 6.45) is 1.53. The Hall–Kier alpha value is -2.86. The number of amides is 1. The van der Waals surface area contributed by atoms with Crippen LogP contribution in [-0.2, 0) is 11.2 Å². The zero-order chi connectivity index (χ0) is 19.1. The van der Waals surface area contributed by atoms with E-state index in [4.69, 9.17) is 20.9 Å². The zero-order valence-corrected chi connectivity index (χ0v) is 15.7. The van der Waals surface area contributed by atoms with Gasteiger partial charge in [0.2, 0.25) is 17.6 Å². The predicted octanol–water partition coefficient (Wildman–Crippen LogP) is 4.75. The lowest BCUT2D eigenvalue weighted by Crippen LogP contribution is -2.12. The molecule has 0 aliphatic carbocycles. The minimum atomic E-state index is -0.131. The Kier molecular flexibility index (Phi) is 6.44. The second-order valence-corrected chi connectivity index (χ2v) is 6.38. The van der Waals surface area contributed by atoms with Crippen molar-refractivity contribution in [3.63, 3.8) is 0 Å². The van der Waals surface area contributed by atoms with Crippen LogP contribution in [0.4, 0.5) is 5.69 Å². The van der Waals surface area contributed by atoms with Crippen molar-refractivity contribution >= 4 is 23.2 Å². The van der Waals surface area contributed by atoms with Gasteiger partial charge in [0.15, 0.2) is 0 Å². The molecule has 0 saturated heterocycles. The van der Waals surface area contributed by atoms with Crippen LogP contribution in [-0.4, -0.2) is 22.7 Å². The Labute approximate surface area is 162 Å². The minimum absolute atomic E-state index is 0.131. The maximum Gasteiger partial charge on any atom is 0.227 e. The monoisotopic (exact) mass is 385 g/mol. The Bertz CT molecular complexity index is 893. The standard InChI is InChI=1S/C20H20ClN3O3/c1-2-12-26-17-5-3-4-16(13-17)22-18(25)10-11-19-23-20(24-27-19)14-6-8-15(21)9-7-14/h3-9,13H,2,10-12H2,1H3,(H,22,25). The maximum absolute atomic E-state index is 12.2. The highest BCUT2D eigenvalue weighted by Crippen LogP contribution is 2.20. The van der Waals surface area contributed by atoms with E-state index in [1.165, 1.54) is 0 Å². The van der Waals surface area contributed by atoms with E-state index in [0.29, 0.717) is 35.5 Å². The van der Waals surface area contributed by atoms with E-state index in [1.807, 2.05) is 37.3 Å². The minimum Gasteiger partial charge on any atom is -0.494 e. The summed E-state index contributed by atoms with van der Waals surface area (Å²) in [5.41, 5.74) is 1.50. The average molecular weight is 386 g/mol. The molecule has 0 fully saturated rings. The molecule has 1 N–H and O–H groups in total. The van der Waals surface area contributed by atoms with E-state index in [-0.39, 0.29) is 12.3 Å². The van der Waals surface area contributed by atoms with Gasteiger partial charge in [-0.05, 0) is 42.8 Å². The van der Waals surface area contributed by atoms with Crippen molar-refractivity contribution < 1.29 is 14.1 Å². The summed E-state index contributed by atoms with van der Waals surface area (Å²) in [4.78, 5) is 16.5. The Balaban J connectivity index is 1.53. The molecule has 0 atom stereocenters. The topological polar surface area (TPSA) is 77.2 Å². The molecule has 0 saturated carbocycles. The van der Waals surface area contributed by atoms with Crippen molar-refractivity contribution in [2.75, 3.05) is 11.9 Å². The number of aryl methyl sites for hydroxylation is 1. The highest BCUT2D eigenvalue weighted by molar-refractivity contribution is 6.30. The summed E-state index contributed by atoms with van der Waals surface area (Å²) in [6, 6.07) is 14.5. The van der Waals surface area contributed by atoms with Crippen molar-refractivity contribution in [2.24, 2.45) is 0 Å². The van der Waals surface area contributed by atoms with Crippen LogP contribution in [0.3, 0.4) is 0 Å². The van der Waals surface area contributed by atoms with Crippen molar-refractivity contribution in [3.05, 3.63) is 59.4 Å². The lowest BCUT2D eigenvalue weighted by molar-refractivity contribution is -0.116. The molecule has 140 valence electrons. The highest BCUT2D eigenvalue weighted by Gasteiger charge is 2.11. The predicted molar refractivity (Wildman–Crippen MR) is 104 cm³/mol. The fourth-order valence-corrected chi connectivity index (χ4v) is 2.53. The molecule has 0 spiro atoms. The molecule has 0 bridgehead atoms. The van der Waals surface area contributed by atoms with Gasteiger partial charge in [-0.25, -0.2) is 0 Å². The van der Waals surface area contributed by atoms with Crippen LogP contribution < -0.4 is 10.1 Å². The van der Waals surface area contributed by atoms with Gasteiger partial charge in [-0.1, -0.05) is 29.7 Å². The van der Waals surface area contributed by atoms with Gasteiger partial charge in [-0.15, -0.1) is 0 Å². The third-order valence-electron chi connectivity index (χ3n) is 3.73. The van der Waals surface area contributed by atoms with E-state index in [2.05, 4.69) is 15.5 Å². The van der Waals surface area contributed by atoms with Crippen LogP contribution in [0, 0.1) is 0 Å². The molecule has 1 amide bonds. The van der Waals surface area contributed by atoms with E-state index < -0.39 is 0 Å². The van der Waals surface area contributed by atoms with Gasteiger partial charge < -0.3 is 14.6 Å². The van der Waals surface area contributed by atoms with Crippen molar-refractivity contribution in [3.8, 4) is 17.1 Å². The van der Waals surface area contributed by atoms with E-state index in [9.17, 15) is 4.79 Å². The number of nitrogens with one attached hydrogen (secondary N) is 1. The van der Waals surface area contributed by atoms with Gasteiger partial charge in [0.25, 0.3) is 0 Å². The first-order valence-electron chi connectivity index (χ1n) is 8.75. The van der Waals surface area contributed by atoms with Crippen molar-refractivity contribution in [1.82, 2.24) is 10.1 Å². The molecular formula is C20H20ClN3O3. The number of nitrogens with zero attached hydrogens (tertiary/aromatic N) is 2. The highest BCUT2D eigenvalue weighted by atomic mass is 35.5. The van der Waals surface area contributed by atoms with Gasteiger partial charge in [0.05, 0.1) is 6.61 Å². The molecule has 0 unspecified atom stereocenters. The normalized spacial score (nSPS) is 10.6. The second-order valence-electron chi connectivity index (χ2n) is 5.94. The molecule has 3 rings (SSSR count). The van der Waals surface area contributed by atoms with Crippen molar-refractivity contribution in [1.29, 1.82) is 0 Å². The van der Waals surface area contributed by atoms with Crippen LogP contribution in [0.5, 0.6) is 5.75 Å². The molecule has 1 aromatic heterocycles. The van der Waals surface area contributed by atoms with Crippen LogP contribution in [0.25, 0.3) is 11.4 Å². The number of hydrogen-bond acceptors (Lipinski definition) is 5. The maximum atomic E-state index is 12.2. The number of anilines is 1. The van der Waals surface area contributed by atoms with Crippen LogP contribution in [0.15, 0.2) is 53.1 Å². The number of ether oxygens (including phenoxy) is 1. The molecule has 0 aliphatic rings. The van der Waals surface area contributed by atoms with Crippen LogP contribution in [0.1, 0.15) is 25.7 Å². The van der Waals surface area contributed by atoms with Gasteiger partial charge in [-0.2, -0.15) is 4.98 Å². The van der Waals surface area contributed by atoms with Gasteiger partial charge in [0.1, 0.15) is 5.75 Å². The lowest BCUT2D eigenvalue weighted by atomic mass is 10.2. The number of carbonyl (C=O) groups excluding carboxylic acids is 1. The molecule has 27 heavy (non-hydrogen) atoms. The fourth-order valence-electron chi connectivity index (χ4n) is 2.40. The Morgan fingerprint density at radius 2 is 2.04 bits per heavy atom. The quantitative estimate of drug-likeness (QED) is 0.605. The van der Waals surface area contributed by atoms with Gasteiger partial charge in [0, 0.05) is 35.2 Å². The van der Waals surface area contributed by atoms with Gasteiger partial charge in [-0.3, -0.25) is 4.79 Å². The number of carbonyl (C=O) groups is 1. The van der Waals surface area contributed by atoms with E-state index in [0.717, 1.165) is 17.7 Å².